The number of rotatable bonds is 2. The molecule has 0 spiro atoms. The molecule has 1 aliphatic heterocycles. The molecule has 2 N–H and O–H groups in total. The standard InChI is InChI=1S/C5H11N3/c1-2-6-5-3-4-7-8-5/h4-6,8H,2-3H2,1H3. The Morgan fingerprint density at radius 2 is 2.88 bits per heavy atom. The molecule has 0 aromatic rings. The molecule has 1 heterocycles. The first-order chi connectivity index (χ1) is 3.93. The van der Waals surface area contributed by atoms with Gasteiger partial charge in [-0.25, -0.2) is 0 Å². The van der Waals surface area contributed by atoms with Crippen molar-refractivity contribution in [2.75, 3.05) is 6.54 Å². The van der Waals surface area contributed by atoms with E-state index < -0.39 is 0 Å². The summed E-state index contributed by atoms with van der Waals surface area (Å²) in [5.41, 5.74) is 2.92. The molecule has 0 aliphatic carbocycles. The maximum Gasteiger partial charge on any atom is 0.0983 e. The van der Waals surface area contributed by atoms with E-state index >= 15 is 0 Å². The van der Waals surface area contributed by atoms with E-state index in [1.165, 1.54) is 0 Å². The van der Waals surface area contributed by atoms with E-state index in [4.69, 9.17) is 0 Å². The molecule has 1 rings (SSSR count). The van der Waals surface area contributed by atoms with Crippen molar-refractivity contribution in [3.63, 3.8) is 0 Å². The van der Waals surface area contributed by atoms with Crippen LogP contribution in [0.1, 0.15) is 13.3 Å². The molecule has 0 aromatic carbocycles. The Morgan fingerprint density at radius 3 is 3.38 bits per heavy atom. The summed E-state index contributed by atoms with van der Waals surface area (Å²) < 4.78 is 0. The van der Waals surface area contributed by atoms with Crippen LogP contribution in [0.3, 0.4) is 0 Å². The Bertz CT molecular complexity index is 81.7. The number of nitrogens with zero attached hydrogens (tertiary/aromatic N) is 1. The van der Waals surface area contributed by atoms with Gasteiger partial charge in [0, 0.05) is 12.6 Å². The van der Waals surface area contributed by atoms with Gasteiger partial charge >= 0.3 is 0 Å². The first-order valence-electron chi connectivity index (χ1n) is 2.94. The summed E-state index contributed by atoms with van der Waals surface area (Å²) in [5.74, 6) is 0. The molecule has 0 amide bonds. The second kappa shape index (κ2) is 2.67. The number of nitrogens with one attached hydrogen (secondary N) is 2. The monoisotopic (exact) mass is 113 g/mol. The van der Waals surface area contributed by atoms with Gasteiger partial charge in [0.25, 0.3) is 0 Å². The van der Waals surface area contributed by atoms with Crippen LogP contribution in [0.15, 0.2) is 5.10 Å². The zero-order valence-corrected chi connectivity index (χ0v) is 5.02. The second-order valence-corrected chi connectivity index (χ2v) is 1.79. The van der Waals surface area contributed by atoms with E-state index in [1.807, 2.05) is 6.21 Å². The summed E-state index contributed by atoms with van der Waals surface area (Å²) in [5, 5.41) is 7.05. The van der Waals surface area contributed by atoms with Crippen molar-refractivity contribution >= 4 is 6.21 Å². The third-order valence-electron chi connectivity index (χ3n) is 1.11. The van der Waals surface area contributed by atoms with Gasteiger partial charge in [-0.1, -0.05) is 6.92 Å². The average Bonchev–Trinajstić information content (AvgIpc) is 2.19. The summed E-state index contributed by atoms with van der Waals surface area (Å²) in [6.45, 7) is 3.08. The van der Waals surface area contributed by atoms with Crippen LogP contribution in [0, 0.1) is 0 Å². The highest BCUT2D eigenvalue weighted by Gasteiger charge is 2.05. The molecule has 0 saturated heterocycles. The Kier molecular flexibility index (Phi) is 1.86. The van der Waals surface area contributed by atoms with Crippen LogP contribution >= 0.6 is 0 Å². The highest BCUT2D eigenvalue weighted by atomic mass is 15.4. The van der Waals surface area contributed by atoms with Gasteiger partial charge in [0.1, 0.15) is 0 Å². The fraction of sp³-hybridized carbons (Fsp3) is 0.800. The molecule has 1 atom stereocenters. The Hall–Kier alpha value is -0.570. The summed E-state index contributed by atoms with van der Waals surface area (Å²) in [7, 11) is 0. The second-order valence-electron chi connectivity index (χ2n) is 1.79. The van der Waals surface area contributed by atoms with Gasteiger partial charge in [-0.15, -0.1) is 0 Å². The van der Waals surface area contributed by atoms with E-state index in [-0.39, 0.29) is 0 Å². The Morgan fingerprint density at radius 1 is 2.00 bits per heavy atom. The highest BCUT2D eigenvalue weighted by molar-refractivity contribution is 5.59. The van der Waals surface area contributed by atoms with Crippen LogP contribution in [-0.4, -0.2) is 18.9 Å². The third kappa shape index (κ3) is 1.20. The normalized spacial score (nSPS) is 25.9. The lowest BCUT2D eigenvalue weighted by molar-refractivity contribution is 0.486. The van der Waals surface area contributed by atoms with Crippen molar-refractivity contribution in [3.05, 3.63) is 0 Å². The summed E-state index contributed by atoms with van der Waals surface area (Å²) in [6.07, 6.45) is 3.28. The molecule has 1 unspecified atom stereocenters. The zero-order valence-electron chi connectivity index (χ0n) is 5.02. The predicted octanol–water partition coefficient (Wildman–Crippen LogP) is -0.0989. The van der Waals surface area contributed by atoms with Gasteiger partial charge in [-0.2, -0.15) is 5.10 Å². The molecule has 3 heteroatoms. The van der Waals surface area contributed by atoms with Crippen LogP contribution in [-0.2, 0) is 0 Å². The quantitative estimate of drug-likeness (QED) is 0.524. The van der Waals surface area contributed by atoms with Crippen molar-refractivity contribution in [1.29, 1.82) is 0 Å². The van der Waals surface area contributed by atoms with Gasteiger partial charge in [-0.05, 0) is 6.54 Å². The fourth-order valence-corrected chi connectivity index (χ4v) is 0.729. The van der Waals surface area contributed by atoms with Gasteiger partial charge in [0.2, 0.25) is 0 Å². The first kappa shape index (κ1) is 5.56. The van der Waals surface area contributed by atoms with E-state index in [2.05, 4.69) is 22.8 Å². The zero-order chi connectivity index (χ0) is 5.82. The third-order valence-corrected chi connectivity index (χ3v) is 1.11. The molecular formula is C5H11N3. The van der Waals surface area contributed by atoms with E-state index in [9.17, 15) is 0 Å². The number of hydrogen-bond acceptors (Lipinski definition) is 3. The number of hydrazone groups is 1. The minimum Gasteiger partial charge on any atom is -0.296 e. The van der Waals surface area contributed by atoms with Crippen molar-refractivity contribution < 1.29 is 0 Å². The lowest BCUT2D eigenvalue weighted by atomic mass is 10.4. The van der Waals surface area contributed by atoms with E-state index in [1.54, 1.807) is 0 Å². The molecule has 46 valence electrons. The van der Waals surface area contributed by atoms with Gasteiger partial charge < -0.3 is 0 Å². The predicted molar refractivity (Wildman–Crippen MR) is 33.7 cm³/mol. The van der Waals surface area contributed by atoms with Gasteiger partial charge in [0.15, 0.2) is 0 Å². The molecule has 8 heavy (non-hydrogen) atoms. The first-order valence-corrected chi connectivity index (χ1v) is 2.94. The van der Waals surface area contributed by atoms with Crippen LogP contribution in [0.2, 0.25) is 0 Å². The van der Waals surface area contributed by atoms with E-state index in [0.29, 0.717) is 6.17 Å². The minimum atomic E-state index is 0.389. The SMILES string of the molecule is CCNC1CC=NN1. The van der Waals surface area contributed by atoms with E-state index in [0.717, 1.165) is 13.0 Å². The topological polar surface area (TPSA) is 36.4 Å². The van der Waals surface area contributed by atoms with Gasteiger partial charge in [-0.3, -0.25) is 10.7 Å². The van der Waals surface area contributed by atoms with Crippen LogP contribution < -0.4 is 10.7 Å². The van der Waals surface area contributed by atoms with Crippen molar-refractivity contribution in [2.24, 2.45) is 5.10 Å². The molecule has 0 fully saturated rings. The average molecular weight is 113 g/mol. The van der Waals surface area contributed by atoms with Crippen LogP contribution in [0.25, 0.3) is 0 Å². The molecular weight excluding hydrogens is 102 g/mol. The lowest BCUT2D eigenvalue weighted by Crippen LogP contribution is -2.35. The minimum absolute atomic E-state index is 0.389. The smallest absolute Gasteiger partial charge is 0.0983 e. The van der Waals surface area contributed by atoms with Crippen molar-refractivity contribution in [2.45, 2.75) is 19.5 Å². The molecule has 3 nitrogen and oxygen atoms in total. The largest absolute Gasteiger partial charge is 0.296 e. The highest BCUT2D eigenvalue weighted by Crippen LogP contribution is 1.89. The van der Waals surface area contributed by atoms with Crippen molar-refractivity contribution in [3.8, 4) is 0 Å². The maximum atomic E-state index is 3.85. The molecule has 0 radical (unpaired) electrons. The van der Waals surface area contributed by atoms with Crippen LogP contribution in [0.5, 0.6) is 0 Å². The Labute approximate surface area is 49.2 Å². The summed E-state index contributed by atoms with van der Waals surface area (Å²) >= 11 is 0. The Balaban J connectivity index is 2.10. The summed E-state index contributed by atoms with van der Waals surface area (Å²) in [6, 6.07) is 0. The molecule has 0 bridgehead atoms. The molecule has 0 aromatic heterocycles. The lowest BCUT2D eigenvalue weighted by Gasteiger charge is -2.07. The van der Waals surface area contributed by atoms with Crippen molar-refractivity contribution in [1.82, 2.24) is 10.7 Å². The van der Waals surface area contributed by atoms with Gasteiger partial charge in [0.05, 0.1) is 6.17 Å². The number of hydrogen-bond donors (Lipinski definition) is 2. The maximum absolute atomic E-state index is 3.85. The molecule has 0 saturated carbocycles. The van der Waals surface area contributed by atoms with Crippen LogP contribution in [0.4, 0.5) is 0 Å². The summed E-state index contributed by atoms with van der Waals surface area (Å²) in [4.78, 5) is 0. The molecule has 1 aliphatic rings. The fourth-order valence-electron chi connectivity index (χ4n) is 0.729.